The molecule has 1 heterocycles. The topological polar surface area (TPSA) is 68.3 Å². The molecule has 1 aromatic heterocycles. The standard InChI is InChI=1S/C25H18BrClN2O3/c1-15-11-19(26)20(27)13-22(15)29-24(30)14-32-25(31)18-12-23(16-7-3-2-4-8-16)28-21-10-6-5-9-17(18)21/h2-13H,14H2,1H3,(H,29,30). The monoisotopic (exact) mass is 508 g/mol. The Morgan fingerprint density at radius 2 is 1.75 bits per heavy atom. The third-order valence-electron chi connectivity index (χ3n) is 4.88. The smallest absolute Gasteiger partial charge is 0.339 e. The van der Waals surface area contributed by atoms with Gasteiger partial charge in [-0.2, -0.15) is 0 Å². The SMILES string of the molecule is Cc1cc(Br)c(Cl)cc1NC(=O)COC(=O)c1cc(-c2ccccc2)nc2ccccc12. The molecule has 160 valence electrons. The lowest BCUT2D eigenvalue weighted by atomic mass is 10.0. The van der Waals surface area contributed by atoms with Crippen LogP contribution < -0.4 is 5.32 Å². The molecule has 0 aliphatic heterocycles. The molecule has 0 radical (unpaired) electrons. The van der Waals surface area contributed by atoms with E-state index in [2.05, 4.69) is 26.2 Å². The van der Waals surface area contributed by atoms with Gasteiger partial charge in [0.1, 0.15) is 0 Å². The minimum absolute atomic E-state index is 0.352. The number of fused-ring (bicyclic) bond motifs is 1. The molecule has 7 heteroatoms. The minimum Gasteiger partial charge on any atom is -0.452 e. The summed E-state index contributed by atoms with van der Waals surface area (Å²) in [6, 6.07) is 22.0. The average molecular weight is 510 g/mol. The van der Waals surface area contributed by atoms with Crippen LogP contribution in [0.3, 0.4) is 0 Å². The van der Waals surface area contributed by atoms with E-state index in [-0.39, 0.29) is 0 Å². The van der Waals surface area contributed by atoms with Gasteiger partial charge in [0.15, 0.2) is 6.61 Å². The van der Waals surface area contributed by atoms with E-state index in [0.717, 1.165) is 15.6 Å². The summed E-state index contributed by atoms with van der Waals surface area (Å²) in [5.41, 5.74) is 3.94. The second kappa shape index (κ2) is 9.51. The predicted octanol–water partition coefficient (Wildman–Crippen LogP) is 6.42. The number of pyridine rings is 1. The van der Waals surface area contributed by atoms with E-state index in [0.29, 0.717) is 32.9 Å². The number of anilines is 1. The fourth-order valence-corrected chi connectivity index (χ4v) is 3.90. The zero-order valence-corrected chi connectivity index (χ0v) is 19.4. The second-order valence-corrected chi connectivity index (χ2v) is 8.41. The van der Waals surface area contributed by atoms with E-state index >= 15 is 0 Å². The average Bonchev–Trinajstić information content (AvgIpc) is 2.81. The van der Waals surface area contributed by atoms with Crippen LogP contribution in [-0.4, -0.2) is 23.5 Å². The summed E-state index contributed by atoms with van der Waals surface area (Å²) in [7, 11) is 0. The van der Waals surface area contributed by atoms with E-state index in [1.54, 1.807) is 24.3 Å². The first kappa shape index (κ1) is 22.0. The number of carbonyl (C=O) groups is 2. The van der Waals surface area contributed by atoms with E-state index < -0.39 is 18.5 Å². The van der Waals surface area contributed by atoms with Crippen LogP contribution in [0.2, 0.25) is 5.02 Å². The molecule has 1 amide bonds. The highest BCUT2D eigenvalue weighted by atomic mass is 79.9. The number of aromatic nitrogens is 1. The molecule has 1 N–H and O–H groups in total. The quantitative estimate of drug-likeness (QED) is 0.315. The molecule has 32 heavy (non-hydrogen) atoms. The number of nitrogens with zero attached hydrogens (tertiary/aromatic N) is 1. The molecule has 0 aliphatic carbocycles. The van der Waals surface area contributed by atoms with Crippen molar-refractivity contribution in [2.45, 2.75) is 6.92 Å². The van der Waals surface area contributed by atoms with Crippen LogP contribution in [0.25, 0.3) is 22.2 Å². The van der Waals surface area contributed by atoms with Crippen LogP contribution in [0.1, 0.15) is 15.9 Å². The number of aryl methyl sites for hydroxylation is 1. The highest BCUT2D eigenvalue weighted by Gasteiger charge is 2.17. The molecule has 5 nitrogen and oxygen atoms in total. The first-order valence-corrected chi connectivity index (χ1v) is 11.0. The lowest BCUT2D eigenvalue weighted by Gasteiger charge is -2.12. The van der Waals surface area contributed by atoms with E-state index in [1.165, 1.54) is 0 Å². The Labute approximate surface area is 198 Å². The predicted molar refractivity (Wildman–Crippen MR) is 130 cm³/mol. The molecule has 0 spiro atoms. The number of amides is 1. The molecule has 0 atom stereocenters. The Kier molecular flexibility index (Phi) is 6.53. The van der Waals surface area contributed by atoms with E-state index in [9.17, 15) is 9.59 Å². The minimum atomic E-state index is -0.596. The van der Waals surface area contributed by atoms with Crippen molar-refractivity contribution >= 4 is 56.0 Å². The number of benzene rings is 3. The molecule has 0 unspecified atom stereocenters. The number of nitrogens with one attached hydrogen (secondary N) is 1. The number of para-hydroxylation sites is 1. The highest BCUT2D eigenvalue weighted by molar-refractivity contribution is 9.10. The van der Waals surface area contributed by atoms with Crippen LogP contribution in [0.15, 0.2) is 77.3 Å². The second-order valence-electron chi connectivity index (χ2n) is 7.14. The number of carbonyl (C=O) groups excluding carboxylic acids is 2. The number of hydrogen-bond donors (Lipinski definition) is 1. The van der Waals surface area contributed by atoms with Crippen LogP contribution in [0.4, 0.5) is 5.69 Å². The maximum atomic E-state index is 12.9. The number of esters is 1. The maximum absolute atomic E-state index is 12.9. The van der Waals surface area contributed by atoms with Gasteiger partial charge in [0, 0.05) is 21.1 Å². The van der Waals surface area contributed by atoms with Crippen molar-refractivity contribution in [3.8, 4) is 11.3 Å². The molecule has 0 saturated carbocycles. The Morgan fingerprint density at radius 1 is 1.03 bits per heavy atom. The largest absolute Gasteiger partial charge is 0.452 e. The lowest BCUT2D eigenvalue weighted by molar-refractivity contribution is -0.119. The molecule has 3 aromatic carbocycles. The van der Waals surface area contributed by atoms with Crippen molar-refractivity contribution in [1.82, 2.24) is 4.98 Å². The summed E-state index contributed by atoms with van der Waals surface area (Å²) in [4.78, 5) is 30.0. The molecule has 4 rings (SSSR count). The Balaban J connectivity index is 1.55. The van der Waals surface area contributed by atoms with Gasteiger partial charge in [-0.1, -0.05) is 60.1 Å². The van der Waals surface area contributed by atoms with Crippen molar-refractivity contribution in [1.29, 1.82) is 0 Å². The Morgan fingerprint density at radius 3 is 2.53 bits per heavy atom. The molecule has 0 aliphatic rings. The van der Waals surface area contributed by atoms with Gasteiger partial charge in [-0.15, -0.1) is 0 Å². The van der Waals surface area contributed by atoms with Crippen molar-refractivity contribution < 1.29 is 14.3 Å². The summed E-state index contributed by atoms with van der Waals surface area (Å²) in [6.07, 6.45) is 0. The fraction of sp³-hybridized carbons (Fsp3) is 0.0800. The Hall–Kier alpha value is -3.22. The Bertz CT molecular complexity index is 1330. The number of halogens is 2. The summed E-state index contributed by atoms with van der Waals surface area (Å²) in [5, 5.41) is 3.86. The third-order valence-corrected chi connectivity index (χ3v) is 6.08. The van der Waals surface area contributed by atoms with Crippen LogP contribution in [0, 0.1) is 6.92 Å². The summed E-state index contributed by atoms with van der Waals surface area (Å²) in [5.74, 6) is -1.05. The number of ether oxygens (including phenoxy) is 1. The van der Waals surface area contributed by atoms with Crippen molar-refractivity contribution in [3.63, 3.8) is 0 Å². The van der Waals surface area contributed by atoms with Gasteiger partial charge >= 0.3 is 5.97 Å². The normalized spacial score (nSPS) is 10.7. The fourth-order valence-electron chi connectivity index (χ4n) is 3.28. The lowest BCUT2D eigenvalue weighted by Crippen LogP contribution is -2.21. The van der Waals surface area contributed by atoms with Crippen molar-refractivity contribution in [2.75, 3.05) is 11.9 Å². The van der Waals surface area contributed by atoms with Crippen LogP contribution >= 0.6 is 27.5 Å². The van der Waals surface area contributed by atoms with E-state index in [1.807, 2.05) is 55.5 Å². The van der Waals surface area contributed by atoms with Crippen molar-refractivity contribution in [3.05, 3.63) is 93.4 Å². The van der Waals surface area contributed by atoms with Gasteiger partial charge in [0.25, 0.3) is 5.91 Å². The maximum Gasteiger partial charge on any atom is 0.339 e. The van der Waals surface area contributed by atoms with Crippen LogP contribution in [-0.2, 0) is 9.53 Å². The van der Waals surface area contributed by atoms with Gasteiger partial charge in [-0.3, -0.25) is 4.79 Å². The van der Waals surface area contributed by atoms with E-state index in [4.69, 9.17) is 16.3 Å². The molecule has 4 aromatic rings. The molecular weight excluding hydrogens is 492 g/mol. The molecule has 0 bridgehead atoms. The molecule has 0 saturated heterocycles. The zero-order chi connectivity index (χ0) is 22.7. The van der Waals surface area contributed by atoms with Crippen LogP contribution in [0.5, 0.6) is 0 Å². The first-order chi connectivity index (χ1) is 15.4. The summed E-state index contributed by atoms with van der Waals surface area (Å²) >= 11 is 9.45. The van der Waals surface area contributed by atoms with Gasteiger partial charge in [-0.05, 0) is 52.7 Å². The third kappa shape index (κ3) is 4.82. The highest BCUT2D eigenvalue weighted by Crippen LogP contribution is 2.29. The number of rotatable bonds is 5. The van der Waals surface area contributed by atoms with Crippen molar-refractivity contribution in [2.24, 2.45) is 0 Å². The number of hydrogen-bond acceptors (Lipinski definition) is 4. The van der Waals surface area contributed by atoms with Gasteiger partial charge in [0.05, 0.1) is 21.8 Å². The van der Waals surface area contributed by atoms with Gasteiger partial charge < -0.3 is 10.1 Å². The summed E-state index contributed by atoms with van der Waals surface area (Å²) < 4.78 is 6.07. The van der Waals surface area contributed by atoms with Gasteiger partial charge in [0.2, 0.25) is 0 Å². The zero-order valence-electron chi connectivity index (χ0n) is 17.1. The van der Waals surface area contributed by atoms with Gasteiger partial charge in [-0.25, -0.2) is 9.78 Å². The summed E-state index contributed by atoms with van der Waals surface area (Å²) in [6.45, 7) is 1.42. The first-order valence-electron chi connectivity index (χ1n) is 9.80. The molecule has 0 fully saturated rings. The molecular formula is C25H18BrClN2O3.